The molecule has 2 aromatic rings. The second-order valence-electron chi connectivity index (χ2n) is 8.43. The van der Waals surface area contributed by atoms with Crippen LogP contribution in [-0.2, 0) is 20.9 Å². The Kier molecular flexibility index (Phi) is 10.5. The van der Waals surface area contributed by atoms with Crippen molar-refractivity contribution in [3.63, 3.8) is 0 Å². The van der Waals surface area contributed by atoms with Crippen molar-refractivity contribution in [1.29, 1.82) is 0 Å². The third-order valence-electron chi connectivity index (χ3n) is 5.56. The summed E-state index contributed by atoms with van der Waals surface area (Å²) >= 11 is 0. The van der Waals surface area contributed by atoms with Gasteiger partial charge in [0, 0.05) is 25.5 Å². The molecule has 0 aliphatic carbocycles. The third-order valence-corrected chi connectivity index (χ3v) is 5.56. The molecule has 212 valence electrons. The summed E-state index contributed by atoms with van der Waals surface area (Å²) in [5.41, 5.74) is 1.08. The van der Waals surface area contributed by atoms with E-state index in [2.05, 4.69) is 26.8 Å². The molecule has 4 rings (SSSR count). The van der Waals surface area contributed by atoms with Crippen LogP contribution in [-0.4, -0.2) is 87.8 Å². The number of fused-ring (bicyclic) bond motifs is 1. The van der Waals surface area contributed by atoms with Gasteiger partial charge in [-0.15, -0.1) is 0 Å². The molecular weight excluding hydrogens is 530 g/mol. The Morgan fingerprint density at radius 1 is 1.11 bits per heavy atom. The van der Waals surface area contributed by atoms with Gasteiger partial charge in [0.05, 0.1) is 31.0 Å². The molecule has 2 fully saturated rings. The number of carboxylic acid groups (broad SMARTS) is 2. The molecule has 16 heteroatoms. The van der Waals surface area contributed by atoms with Crippen LogP contribution in [0.25, 0.3) is 0 Å². The molecule has 0 bridgehead atoms. The van der Waals surface area contributed by atoms with Gasteiger partial charge in [0.25, 0.3) is 0 Å². The summed E-state index contributed by atoms with van der Waals surface area (Å²) in [6, 6.07) is 4.62. The highest BCUT2D eigenvalue weighted by Crippen LogP contribution is 2.33. The van der Waals surface area contributed by atoms with Gasteiger partial charge in [-0.05, 0) is 44.5 Å². The number of likely N-dealkylation sites (N-methyl/N-ethyl adjacent to an activating group) is 1. The van der Waals surface area contributed by atoms with Crippen molar-refractivity contribution in [3.8, 4) is 0 Å². The Morgan fingerprint density at radius 2 is 1.66 bits per heavy atom. The minimum absolute atomic E-state index is 0.198. The first kappa shape index (κ1) is 30.8. The Labute approximate surface area is 212 Å². The highest BCUT2D eigenvalue weighted by Gasteiger charge is 2.46. The maximum Gasteiger partial charge on any atom is 0.490 e. The van der Waals surface area contributed by atoms with E-state index in [4.69, 9.17) is 29.0 Å². The largest absolute Gasteiger partial charge is 0.490 e. The van der Waals surface area contributed by atoms with Crippen LogP contribution in [0.2, 0.25) is 0 Å². The van der Waals surface area contributed by atoms with E-state index in [1.807, 2.05) is 31.5 Å². The second kappa shape index (κ2) is 12.9. The number of ether oxygens (including phenoxy) is 1. The average Bonchev–Trinajstić information content (AvgIpc) is 3.47. The number of rotatable bonds is 4. The zero-order valence-corrected chi connectivity index (χ0v) is 20.2. The summed E-state index contributed by atoms with van der Waals surface area (Å²) in [7, 11) is 2.14. The van der Waals surface area contributed by atoms with E-state index >= 15 is 0 Å². The number of aromatic nitrogens is 2. The first-order valence-corrected chi connectivity index (χ1v) is 11.1. The van der Waals surface area contributed by atoms with E-state index in [-0.39, 0.29) is 6.10 Å². The molecule has 0 aromatic carbocycles. The number of anilines is 1. The Hall–Kier alpha value is -3.40. The fourth-order valence-electron chi connectivity index (χ4n) is 3.85. The number of nitrogens with zero attached hydrogens (tertiary/aromatic N) is 4. The van der Waals surface area contributed by atoms with Crippen LogP contribution in [0.5, 0.6) is 0 Å². The molecule has 0 unspecified atom stereocenters. The minimum atomic E-state index is -5.08. The van der Waals surface area contributed by atoms with Crippen molar-refractivity contribution >= 4 is 17.9 Å². The smallest absolute Gasteiger partial charge is 0.475 e. The lowest BCUT2D eigenvalue weighted by atomic mass is 10.0. The van der Waals surface area contributed by atoms with Gasteiger partial charge in [0.1, 0.15) is 5.76 Å². The predicted molar refractivity (Wildman–Crippen MR) is 118 cm³/mol. The maximum atomic E-state index is 10.6. The minimum Gasteiger partial charge on any atom is -0.475 e. The maximum absolute atomic E-state index is 10.6. The van der Waals surface area contributed by atoms with Crippen LogP contribution in [0.15, 0.2) is 35.2 Å². The number of aryl methyl sites for hydroxylation is 1. The monoisotopic (exact) mass is 556 g/mol. The van der Waals surface area contributed by atoms with Gasteiger partial charge >= 0.3 is 24.3 Å². The van der Waals surface area contributed by atoms with Crippen LogP contribution in [0.1, 0.15) is 24.2 Å². The SMILES string of the molecule is Cc1cnc(N2C[C@@H](N(C)Cc3ccco3)[C@H]3OCCC[C@H]32)nc1.O=C(O)C(F)(F)F.O=C(O)C(F)(F)F. The van der Waals surface area contributed by atoms with Crippen LogP contribution < -0.4 is 4.90 Å². The summed E-state index contributed by atoms with van der Waals surface area (Å²) in [5.74, 6) is -3.72. The number of furan rings is 1. The van der Waals surface area contributed by atoms with E-state index in [9.17, 15) is 26.3 Å². The fourth-order valence-corrected chi connectivity index (χ4v) is 3.85. The molecule has 4 heterocycles. The van der Waals surface area contributed by atoms with Gasteiger partial charge in [0.15, 0.2) is 0 Å². The zero-order valence-electron chi connectivity index (χ0n) is 20.2. The summed E-state index contributed by atoms with van der Waals surface area (Å²) in [5, 5.41) is 14.2. The first-order chi connectivity index (χ1) is 17.6. The summed E-state index contributed by atoms with van der Waals surface area (Å²) in [6.07, 6.45) is -2.24. The molecule has 2 aromatic heterocycles. The first-order valence-electron chi connectivity index (χ1n) is 11.1. The van der Waals surface area contributed by atoms with E-state index in [0.717, 1.165) is 49.8 Å². The standard InChI is InChI=1S/C18H24N4O2.2C2HF3O2/c1-13-9-19-18(20-10-13)22-12-16(17-15(22)6-4-8-24-17)21(2)11-14-5-3-7-23-14;2*3-2(4,5)1(6)7/h3,5,7,9-10,15-17H,4,6,8,11-12H2,1-2H3;2*(H,6,7)/t15-,16-,17+;;/m1../s1. The normalized spacial score (nSPS) is 21.1. The summed E-state index contributed by atoms with van der Waals surface area (Å²) in [6.45, 7) is 4.53. The number of halogens is 6. The van der Waals surface area contributed by atoms with E-state index in [1.165, 1.54) is 0 Å². The van der Waals surface area contributed by atoms with Gasteiger partial charge in [-0.2, -0.15) is 26.3 Å². The van der Waals surface area contributed by atoms with Crippen LogP contribution in [0, 0.1) is 6.92 Å². The molecule has 0 spiro atoms. The topological polar surface area (TPSA) is 129 Å². The number of hydrogen-bond acceptors (Lipinski definition) is 8. The molecule has 0 amide bonds. The molecule has 0 saturated carbocycles. The molecular formula is C22H26F6N4O6. The molecule has 10 nitrogen and oxygen atoms in total. The van der Waals surface area contributed by atoms with Crippen molar-refractivity contribution in [2.45, 2.75) is 56.9 Å². The fraction of sp³-hybridized carbons (Fsp3) is 0.545. The van der Waals surface area contributed by atoms with Crippen molar-refractivity contribution in [1.82, 2.24) is 14.9 Å². The highest BCUT2D eigenvalue weighted by molar-refractivity contribution is 5.73. The lowest BCUT2D eigenvalue weighted by Gasteiger charge is -2.34. The molecule has 2 aliphatic rings. The molecule has 2 saturated heterocycles. The van der Waals surface area contributed by atoms with Gasteiger partial charge in [0.2, 0.25) is 5.95 Å². The number of carboxylic acids is 2. The predicted octanol–water partition coefficient (Wildman–Crippen LogP) is 3.51. The van der Waals surface area contributed by atoms with Gasteiger partial charge < -0.3 is 24.3 Å². The van der Waals surface area contributed by atoms with Crippen molar-refractivity contribution in [3.05, 3.63) is 42.1 Å². The third kappa shape index (κ3) is 8.86. The van der Waals surface area contributed by atoms with Crippen molar-refractivity contribution < 1.29 is 55.3 Å². The lowest BCUT2D eigenvalue weighted by molar-refractivity contribution is -0.193. The van der Waals surface area contributed by atoms with Crippen LogP contribution in [0.4, 0.5) is 32.3 Å². The Balaban J connectivity index is 0.000000301. The van der Waals surface area contributed by atoms with Gasteiger partial charge in [-0.25, -0.2) is 19.6 Å². The van der Waals surface area contributed by atoms with E-state index in [1.54, 1.807) is 6.26 Å². The number of aliphatic carboxylic acids is 2. The zero-order chi connectivity index (χ0) is 28.7. The summed E-state index contributed by atoms with van der Waals surface area (Å²) < 4.78 is 75.1. The summed E-state index contributed by atoms with van der Waals surface area (Å²) in [4.78, 5) is 31.5. The van der Waals surface area contributed by atoms with Crippen LogP contribution in [0.3, 0.4) is 0 Å². The Bertz CT molecular complexity index is 1010. The number of carbonyl (C=O) groups is 2. The van der Waals surface area contributed by atoms with Crippen LogP contribution >= 0.6 is 0 Å². The van der Waals surface area contributed by atoms with Gasteiger partial charge in [-0.1, -0.05) is 0 Å². The van der Waals surface area contributed by atoms with Crippen molar-refractivity contribution in [2.75, 3.05) is 25.1 Å². The lowest BCUT2D eigenvalue weighted by Crippen LogP contribution is -2.46. The molecule has 3 atom stereocenters. The van der Waals surface area contributed by atoms with Crippen molar-refractivity contribution in [2.24, 2.45) is 0 Å². The van der Waals surface area contributed by atoms with Gasteiger partial charge in [-0.3, -0.25) is 4.90 Å². The molecule has 2 N–H and O–H groups in total. The molecule has 2 aliphatic heterocycles. The number of alkyl halides is 6. The average molecular weight is 556 g/mol. The Morgan fingerprint density at radius 3 is 2.13 bits per heavy atom. The van der Waals surface area contributed by atoms with E-state index < -0.39 is 24.3 Å². The highest BCUT2D eigenvalue weighted by atomic mass is 19.4. The quantitative estimate of drug-likeness (QED) is 0.540. The molecule has 38 heavy (non-hydrogen) atoms. The number of hydrogen-bond donors (Lipinski definition) is 2. The second-order valence-corrected chi connectivity index (χ2v) is 8.43. The molecule has 0 radical (unpaired) electrons. The van der Waals surface area contributed by atoms with E-state index in [0.29, 0.717) is 12.1 Å².